The predicted octanol–water partition coefficient (Wildman–Crippen LogP) is 7.62. The van der Waals surface area contributed by atoms with E-state index in [2.05, 4.69) is 55.4 Å². The van der Waals surface area contributed by atoms with Crippen molar-refractivity contribution in [2.45, 2.75) is 102 Å². The van der Waals surface area contributed by atoms with Gasteiger partial charge in [0.15, 0.2) is 0 Å². The first kappa shape index (κ1) is 21.5. The zero-order chi connectivity index (χ0) is 16.5. The molecule has 128 valence electrons. The summed E-state index contributed by atoms with van der Waals surface area (Å²) in [5, 5.41) is 6.57. The van der Waals surface area contributed by atoms with Crippen molar-refractivity contribution in [1.29, 1.82) is 0 Å². The fourth-order valence-electron chi connectivity index (χ4n) is 3.13. The molecular formula is C20H44Ge. The van der Waals surface area contributed by atoms with Crippen molar-refractivity contribution in [1.82, 2.24) is 0 Å². The number of hydrogen-bond acceptors (Lipinski definition) is 0. The van der Waals surface area contributed by atoms with Crippen LogP contribution >= 0.6 is 0 Å². The molecule has 0 rings (SSSR count). The second-order valence-corrected chi connectivity index (χ2v) is 19.7. The second-order valence-electron chi connectivity index (χ2n) is 9.23. The number of hydrogen-bond donors (Lipinski definition) is 0. The van der Waals surface area contributed by atoms with Gasteiger partial charge in [-0.3, -0.25) is 0 Å². The molecule has 0 heterocycles. The Morgan fingerprint density at radius 1 is 0.429 bits per heavy atom. The molecule has 0 aromatic rings. The molecule has 0 atom stereocenters. The summed E-state index contributed by atoms with van der Waals surface area (Å²) in [4.78, 5) is 0. The molecule has 0 radical (unpaired) electrons. The molecule has 0 aliphatic carbocycles. The van der Waals surface area contributed by atoms with Gasteiger partial charge in [-0.1, -0.05) is 0 Å². The molecule has 0 aromatic carbocycles. The van der Waals surface area contributed by atoms with E-state index in [9.17, 15) is 0 Å². The first-order valence-electron chi connectivity index (χ1n) is 9.67. The normalized spacial score (nSPS) is 13.1. The first-order valence-corrected chi connectivity index (χ1v) is 15.6. The van der Waals surface area contributed by atoms with Crippen LogP contribution in [0, 0.1) is 23.7 Å². The molecule has 21 heavy (non-hydrogen) atoms. The van der Waals surface area contributed by atoms with Gasteiger partial charge in [-0.05, 0) is 0 Å². The fourth-order valence-corrected chi connectivity index (χ4v) is 16.3. The Kier molecular flexibility index (Phi) is 11.4. The van der Waals surface area contributed by atoms with Crippen molar-refractivity contribution in [2.75, 3.05) is 0 Å². The van der Waals surface area contributed by atoms with Gasteiger partial charge in [0.2, 0.25) is 0 Å². The minimum atomic E-state index is -1.63. The van der Waals surface area contributed by atoms with Crippen LogP contribution < -0.4 is 0 Å². The third kappa shape index (κ3) is 11.7. The molecule has 0 fully saturated rings. The van der Waals surface area contributed by atoms with E-state index in [4.69, 9.17) is 0 Å². The summed E-state index contributed by atoms with van der Waals surface area (Å²) in [7, 11) is 0. The van der Waals surface area contributed by atoms with Crippen LogP contribution in [0.15, 0.2) is 0 Å². The molecule has 0 N–H and O–H groups in total. The van der Waals surface area contributed by atoms with Crippen molar-refractivity contribution < 1.29 is 0 Å². The molecule has 0 amide bonds. The molecule has 0 nitrogen and oxygen atoms in total. The number of rotatable bonds is 12. The van der Waals surface area contributed by atoms with E-state index in [-0.39, 0.29) is 0 Å². The van der Waals surface area contributed by atoms with Crippen LogP contribution in [0.3, 0.4) is 0 Å². The summed E-state index contributed by atoms with van der Waals surface area (Å²) >= 11 is -1.63. The zero-order valence-corrected chi connectivity index (χ0v) is 18.6. The zero-order valence-electron chi connectivity index (χ0n) is 16.5. The van der Waals surface area contributed by atoms with E-state index in [1.54, 1.807) is 21.0 Å². The SMILES string of the molecule is CC(C)C[CH2][Ge]([CH2]CC(C)C)([CH2]CC(C)C)[CH2]CC(C)C. The maximum absolute atomic E-state index is 2.42. The van der Waals surface area contributed by atoms with Crippen molar-refractivity contribution in [2.24, 2.45) is 23.7 Å². The third-order valence-electron chi connectivity index (χ3n) is 5.01. The van der Waals surface area contributed by atoms with Crippen molar-refractivity contribution in [3.8, 4) is 0 Å². The Balaban J connectivity index is 4.85. The van der Waals surface area contributed by atoms with E-state index in [1.165, 1.54) is 25.7 Å². The molecule has 0 saturated heterocycles. The summed E-state index contributed by atoms with van der Waals surface area (Å²) in [6.45, 7) is 19.3. The van der Waals surface area contributed by atoms with Crippen LogP contribution in [0.5, 0.6) is 0 Å². The summed E-state index contributed by atoms with van der Waals surface area (Å²) in [6, 6.07) is 0. The fraction of sp³-hybridized carbons (Fsp3) is 1.00. The van der Waals surface area contributed by atoms with Gasteiger partial charge in [-0.25, -0.2) is 0 Å². The molecule has 0 unspecified atom stereocenters. The Morgan fingerprint density at radius 2 is 0.619 bits per heavy atom. The summed E-state index contributed by atoms with van der Waals surface area (Å²) in [6.07, 6.45) is 5.98. The van der Waals surface area contributed by atoms with Gasteiger partial charge in [0.05, 0.1) is 0 Å². The van der Waals surface area contributed by atoms with E-state index >= 15 is 0 Å². The molecule has 0 bridgehead atoms. The average Bonchev–Trinajstić information content (AvgIpc) is 2.36. The first-order chi connectivity index (χ1) is 9.67. The molecule has 0 aromatic heterocycles. The van der Waals surface area contributed by atoms with Crippen LogP contribution in [0.4, 0.5) is 0 Å². The van der Waals surface area contributed by atoms with Crippen LogP contribution in [0.2, 0.25) is 21.0 Å². The third-order valence-corrected chi connectivity index (χ3v) is 16.3. The van der Waals surface area contributed by atoms with E-state index < -0.39 is 13.3 Å². The topological polar surface area (TPSA) is 0 Å². The van der Waals surface area contributed by atoms with Gasteiger partial charge >= 0.3 is 139 Å². The Hall–Kier alpha value is 0.543. The van der Waals surface area contributed by atoms with Gasteiger partial charge in [0.1, 0.15) is 0 Å². The Labute approximate surface area is 139 Å². The van der Waals surface area contributed by atoms with Crippen LogP contribution in [0.25, 0.3) is 0 Å². The average molecular weight is 357 g/mol. The van der Waals surface area contributed by atoms with Gasteiger partial charge in [-0.2, -0.15) is 0 Å². The van der Waals surface area contributed by atoms with E-state index in [1.807, 2.05) is 0 Å². The van der Waals surface area contributed by atoms with Crippen molar-refractivity contribution in [3.05, 3.63) is 0 Å². The summed E-state index contributed by atoms with van der Waals surface area (Å²) in [5.41, 5.74) is 0. The van der Waals surface area contributed by atoms with Gasteiger partial charge in [-0.15, -0.1) is 0 Å². The van der Waals surface area contributed by atoms with Crippen LogP contribution in [0.1, 0.15) is 81.1 Å². The predicted molar refractivity (Wildman–Crippen MR) is 103 cm³/mol. The Morgan fingerprint density at radius 3 is 0.762 bits per heavy atom. The quantitative estimate of drug-likeness (QED) is 0.315. The minimum absolute atomic E-state index is 0.896. The van der Waals surface area contributed by atoms with Crippen LogP contribution in [-0.2, 0) is 0 Å². The van der Waals surface area contributed by atoms with Crippen LogP contribution in [-0.4, -0.2) is 13.3 Å². The summed E-state index contributed by atoms with van der Waals surface area (Å²) in [5.74, 6) is 3.58. The van der Waals surface area contributed by atoms with Gasteiger partial charge in [0, 0.05) is 0 Å². The molecule has 0 aliphatic rings. The molecular weight excluding hydrogens is 313 g/mol. The van der Waals surface area contributed by atoms with Gasteiger partial charge in [0.25, 0.3) is 0 Å². The second kappa shape index (κ2) is 11.1. The molecule has 0 spiro atoms. The maximum atomic E-state index is 2.42. The molecule has 0 aliphatic heterocycles. The van der Waals surface area contributed by atoms with E-state index in [0.717, 1.165) is 23.7 Å². The monoisotopic (exact) mass is 358 g/mol. The van der Waals surface area contributed by atoms with Crippen molar-refractivity contribution in [3.63, 3.8) is 0 Å². The van der Waals surface area contributed by atoms with Crippen molar-refractivity contribution >= 4 is 13.3 Å². The van der Waals surface area contributed by atoms with E-state index in [0.29, 0.717) is 0 Å². The summed E-state index contributed by atoms with van der Waals surface area (Å²) < 4.78 is 0. The Bertz CT molecular complexity index is 187. The standard InChI is InChI=1S/C20H44Ge/c1-17(2)9-13-21(14-10-18(3)4,15-11-19(5)6)16-12-20(7)8/h17-20H,9-16H2,1-8H3. The van der Waals surface area contributed by atoms with Gasteiger partial charge < -0.3 is 0 Å². The molecule has 0 saturated carbocycles. The molecule has 1 heteroatoms.